The molecule has 0 saturated heterocycles. The molecular formula is C16H19ClN4O3. The molecule has 0 aliphatic heterocycles. The van der Waals surface area contributed by atoms with E-state index >= 15 is 0 Å². The fourth-order valence-electron chi connectivity index (χ4n) is 2.60. The SMILES string of the molecule is CC[C@H](NC(=O)Cn1nc(C)c([N+](=O)[O-])c1C)c1ccc(Cl)cc1. The molecule has 0 spiro atoms. The smallest absolute Gasteiger partial charge is 0.312 e. The van der Waals surface area contributed by atoms with Crippen LogP contribution in [-0.4, -0.2) is 20.6 Å². The summed E-state index contributed by atoms with van der Waals surface area (Å²) < 4.78 is 1.36. The van der Waals surface area contributed by atoms with Gasteiger partial charge in [-0.3, -0.25) is 19.6 Å². The molecule has 8 heteroatoms. The fourth-order valence-corrected chi connectivity index (χ4v) is 2.72. The molecule has 1 atom stereocenters. The van der Waals surface area contributed by atoms with Crippen molar-refractivity contribution >= 4 is 23.2 Å². The molecular weight excluding hydrogens is 332 g/mol. The molecule has 0 saturated carbocycles. The van der Waals surface area contributed by atoms with Gasteiger partial charge in [0.05, 0.1) is 11.0 Å². The molecule has 7 nitrogen and oxygen atoms in total. The van der Waals surface area contributed by atoms with Gasteiger partial charge in [-0.05, 0) is 38.0 Å². The summed E-state index contributed by atoms with van der Waals surface area (Å²) in [6.45, 7) is 5.04. The van der Waals surface area contributed by atoms with E-state index in [1.165, 1.54) is 4.68 Å². The molecule has 128 valence electrons. The van der Waals surface area contributed by atoms with E-state index in [2.05, 4.69) is 10.4 Å². The third-order valence-electron chi connectivity index (χ3n) is 3.84. The van der Waals surface area contributed by atoms with E-state index in [1.54, 1.807) is 26.0 Å². The van der Waals surface area contributed by atoms with Gasteiger partial charge in [0.1, 0.15) is 17.9 Å². The summed E-state index contributed by atoms with van der Waals surface area (Å²) in [5.74, 6) is -0.253. The van der Waals surface area contributed by atoms with Crippen molar-refractivity contribution in [3.05, 3.63) is 56.4 Å². The number of carbonyl (C=O) groups is 1. The average Bonchev–Trinajstić information content (AvgIpc) is 2.80. The lowest BCUT2D eigenvalue weighted by atomic mass is 10.0. The zero-order valence-corrected chi connectivity index (χ0v) is 14.5. The van der Waals surface area contributed by atoms with E-state index in [4.69, 9.17) is 11.6 Å². The molecule has 1 N–H and O–H groups in total. The van der Waals surface area contributed by atoms with Crippen LogP contribution in [0.3, 0.4) is 0 Å². The van der Waals surface area contributed by atoms with Crippen LogP contribution in [-0.2, 0) is 11.3 Å². The number of halogens is 1. The summed E-state index contributed by atoms with van der Waals surface area (Å²) in [7, 11) is 0. The first-order chi connectivity index (χ1) is 11.3. The van der Waals surface area contributed by atoms with Crippen LogP contribution in [0, 0.1) is 24.0 Å². The van der Waals surface area contributed by atoms with E-state index in [0.29, 0.717) is 22.8 Å². The van der Waals surface area contributed by atoms with Gasteiger partial charge in [-0.25, -0.2) is 0 Å². The van der Waals surface area contributed by atoms with Crippen molar-refractivity contribution in [2.45, 2.75) is 39.8 Å². The van der Waals surface area contributed by atoms with E-state index in [1.807, 2.05) is 19.1 Å². The van der Waals surface area contributed by atoms with Crippen LogP contribution in [0.1, 0.15) is 36.3 Å². The van der Waals surface area contributed by atoms with Gasteiger partial charge < -0.3 is 5.32 Å². The number of hydrogen-bond acceptors (Lipinski definition) is 4. The van der Waals surface area contributed by atoms with Crippen LogP contribution in [0.25, 0.3) is 0 Å². The van der Waals surface area contributed by atoms with Gasteiger partial charge in [0.15, 0.2) is 0 Å². The van der Waals surface area contributed by atoms with Gasteiger partial charge in [0, 0.05) is 5.02 Å². The molecule has 0 aliphatic rings. The van der Waals surface area contributed by atoms with Crippen LogP contribution in [0.2, 0.25) is 5.02 Å². The van der Waals surface area contributed by atoms with Gasteiger partial charge >= 0.3 is 5.69 Å². The summed E-state index contributed by atoms with van der Waals surface area (Å²) in [5, 5.41) is 18.7. The predicted octanol–water partition coefficient (Wildman–Crippen LogP) is 3.33. The maximum atomic E-state index is 12.3. The second kappa shape index (κ2) is 7.44. The molecule has 0 aliphatic carbocycles. The highest BCUT2D eigenvalue weighted by Gasteiger charge is 2.23. The first kappa shape index (κ1) is 17.9. The number of hydrogen-bond donors (Lipinski definition) is 1. The molecule has 0 bridgehead atoms. The Hall–Kier alpha value is -2.41. The Morgan fingerprint density at radius 2 is 2.00 bits per heavy atom. The average molecular weight is 351 g/mol. The minimum Gasteiger partial charge on any atom is -0.348 e. The zero-order chi connectivity index (χ0) is 17.9. The second-order valence-electron chi connectivity index (χ2n) is 5.51. The van der Waals surface area contributed by atoms with Crippen molar-refractivity contribution in [3.8, 4) is 0 Å². The highest BCUT2D eigenvalue weighted by Crippen LogP contribution is 2.22. The van der Waals surface area contributed by atoms with E-state index in [9.17, 15) is 14.9 Å². The number of nitro groups is 1. The Morgan fingerprint density at radius 3 is 2.50 bits per heavy atom. The quantitative estimate of drug-likeness (QED) is 0.639. The molecule has 0 radical (unpaired) electrons. The zero-order valence-electron chi connectivity index (χ0n) is 13.7. The highest BCUT2D eigenvalue weighted by atomic mass is 35.5. The van der Waals surface area contributed by atoms with Crippen molar-refractivity contribution in [1.82, 2.24) is 15.1 Å². The van der Waals surface area contributed by atoms with Crippen molar-refractivity contribution in [2.24, 2.45) is 0 Å². The maximum Gasteiger partial charge on any atom is 0.312 e. The van der Waals surface area contributed by atoms with Gasteiger partial charge in [-0.2, -0.15) is 5.10 Å². The summed E-state index contributed by atoms with van der Waals surface area (Å²) in [6, 6.07) is 7.13. The fraction of sp³-hybridized carbons (Fsp3) is 0.375. The lowest BCUT2D eigenvalue weighted by Crippen LogP contribution is -2.31. The summed E-state index contributed by atoms with van der Waals surface area (Å²) >= 11 is 5.88. The molecule has 1 aromatic carbocycles. The normalized spacial score (nSPS) is 12.0. The van der Waals surface area contributed by atoms with Crippen LogP contribution >= 0.6 is 11.6 Å². The van der Waals surface area contributed by atoms with Crippen molar-refractivity contribution in [1.29, 1.82) is 0 Å². The van der Waals surface area contributed by atoms with Crippen LogP contribution < -0.4 is 5.32 Å². The number of benzene rings is 1. The van der Waals surface area contributed by atoms with E-state index in [0.717, 1.165) is 5.56 Å². The standard InChI is InChI=1S/C16H19ClN4O3/c1-4-14(12-5-7-13(17)8-6-12)18-15(22)9-20-11(3)16(21(23)24)10(2)19-20/h5-8,14H,4,9H2,1-3H3,(H,18,22)/t14-/m0/s1. The minimum atomic E-state index is -0.478. The molecule has 1 aromatic heterocycles. The topological polar surface area (TPSA) is 90.1 Å². The monoisotopic (exact) mass is 350 g/mol. The lowest BCUT2D eigenvalue weighted by Gasteiger charge is -2.17. The van der Waals surface area contributed by atoms with Gasteiger partial charge in [-0.15, -0.1) is 0 Å². The molecule has 1 heterocycles. The Kier molecular flexibility index (Phi) is 5.56. The van der Waals surface area contributed by atoms with Crippen molar-refractivity contribution in [3.63, 3.8) is 0 Å². The molecule has 0 fully saturated rings. The third kappa shape index (κ3) is 3.91. The van der Waals surface area contributed by atoms with Gasteiger partial charge in [-0.1, -0.05) is 30.7 Å². The highest BCUT2D eigenvalue weighted by molar-refractivity contribution is 6.30. The molecule has 2 aromatic rings. The molecule has 24 heavy (non-hydrogen) atoms. The number of aryl methyl sites for hydroxylation is 1. The number of rotatable bonds is 6. The van der Waals surface area contributed by atoms with Crippen LogP contribution in [0.15, 0.2) is 24.3 Å². The van der Waals surface area contributed by atoms with Crippen molar-refractivity contribution < 1.29 is 9.72 Å². The Morgan fingerprint density at radius 1 is 1.38 bits per heavy atom. The Bertz CT molecular complexity index is 755. The van der Waals surface area contributed by atoms with Gasteiger partial charge in [0.2, 0.25) is 5.91 Å². The minimum absolute atomic E-state index is 0.0486. The predicted molar refractivity (Wildman–Crippen MR) is 91.0 cm³/mol. The molecule has 0 unspecified atom stereocenters. The largest absolute Gasteiger partial charge is 0.348 e. The molecule has 1 amide bonds. The van der Waals surface area contributed by atoms with Crippen molar-refractivity contribution in [2.75, 3.05) is 0 Å². The summed E-state index contributed by atoms with van der Waals surface area (Å²) in [6.07, 6.45) is 0.713. The summed E-state index contributed by atoms with van der Waals surface area (Å²) in [5.41, 5.74) is 1.57. The van der Waals surface area contributed by atoms with E-state index < -0.39 is 4.92 Å². The maximum absolute atomic E-state index is 12.3. The lowest BCUT2D eigenvalue weighted by molar-refractivity contribution is -0.386. The summed E-state index contributed by atoms with van der Waals surface area (Å²) in [4.78, 5) is 22.8. The molecule has 2 rings (SSSR count). The van der Waals surface area contributed by atoms with Crippen LogP contribution in [0.4, 0.5) is 5.69 Å². The first-order valence-corrected chi connectivity index (χ1v) is 7.94. The number of nitrogens with one attached hydrogen (secondary N) is 1. The Labute approximate surface area is 144 Å². The number of aromatic nitrogens is 2. The second-order valence-corrected chi connectivity index (χ2v) is 5.95. The first-order valence-electron chi connectivity index (χ1n) is 7.56. The van der Waals surface area contributed by atoms with Crippen LogP contribution in [0.5, 0.6) is 0 Å². The number of amides is 1. The number of nitrogens with zero attached hydrogens (tertiary/aromatic N) is 3. The Balaban J connectivity index is 2.11. The van der Waals surface area contributed by atoms with E-state index in [-0.39, 0.29) is 24.2 Å². The third-order valence-corrected chi connectivity index (χ3v) is 4.09. The van der Waals surface area contributed by atoms with Gasteiger partial charge in [0.25, 0.3) is 0 Å². The number of carbonyl (C=O) groups excluding carboxylic acids is 1.